The van der Waals surface area contributed by atoms with Crippen molar-refractivity contribution in [3.05, 3.63) is 55.1 Å². The van der Waals surface area contributed by atoms with Crippen LogP contribution in [0.1, 0.15) is 0 Å². The zero-order valence-electron chi connectivity index (χ0n) is 8.44. The Balaban J connectivity index is 2.30. The molecule has 1 N–H and O–H groups in total. The first kappa shape index (κ1) is 9.74. The summed E-state index contributed by atoms with van der Waals surface area (Å²) in [5, 5.41) is 2.28. The van der Waals surface area contributed by atoms with E-state index >= 15 is 0 Å². The summed E-state index contributed by atoms with van der Waals surface area (Å²) in [7, 11) is 0. The monoisotopic (exact) mass is 199 g/mol. The SMILES string of the molecule is C=CCNOc1cccc2ccccc12. The van der Waals surface area contributed by atoms with E-state index < -0.39 is 0 Å². The Hall–Kier alpha value is -1.80. The van der Waals surface area contributed by atoms with Crippen LogP contribution in [0.3, 0.4) is 0 Å². The molecule has 0 atom stereocenters. The first-order valence-electron chi connectivity index (χ1n) is 4.90. The van der Waals surface area contributed by atoms with E-state index in [0.29, 0.717) is 6.54 Å². The van der Waals surface area contributed by atoms with Gasteiger partial charge in [-0.1, -0.05) is 42.5 Å². The summed E-state index contributed by atoms with van der Waals surface area (Å²) in [6, 6.07) is 14.1. The minimum atomic E-state index is 0.628. The molecule has 0 bridgehead atoms. The lowest BCUT2D eigenvalue weighted by Gasteiger charge is -2.07. The molecule has 0 aliphatic rings. The molecule has 2 heteroatoms. The molecule has 0 amide bonds. The van der Waals surface area contributed by atoms with Gasteiger partial charge in [-0.25, -0.2) is 0 Å². The molecule has 15 heavy (non-hydrogen) atoms. The van der Waals surface area contributed by atoms with Crippen molar-refractivity contribution in [3.8, 4) is 5.75 Å². The summed E-state index contributed by atoms with van der Waals surface area (Å²) in [5.41, 5.74) is 2.83. The number of hydrogen-bond acceptors (Lipinski definition) is 2. The van der Waals surface area contributed by atoms with Gasteiger partial charge in [-0.05, 0) is 11.5 Å². The van der Waals surface area contributed by atoms with Crippen molar-refractivity contribution in [1.29, 1.82) is 0 Å². The second-order valence-corrected chi connectivity index (χ2v) is 3.22. The first-order chi connectivity index (χ1) is 7.42. The third-order valence-electron chi connectivity index (χ3n) is 2.16. The van der Waals surface area contributed by atoms with Gasteiger partial charge in [0.05, 0.1) is 0 Å². The largest absolute Gasteiger partial charge is 0.408 e. The van der Waals surface area contributed by atoms with Gasteiger partial charge >= 0.3 is 0 Å². The summed E-state index contributed by atoms with van der Waals surface area (Å²) in [4.78, 5) is 5.44. The van der Waals surface area contributed by atoms with Crippen LogP contribution in [0.5, 0.6) is 5.75 Å². The van der Waals surface area contributed by atoms with Crippen LogP contribution in [0.15, 0.2) is 55.1 Å². The van der Waals surface area contributed by atoms with E-state index in [1.807, 2.05) is 30.3 Å². The van der Waals surface area contributed by atoms with Crippen LogP contribution in [0.4, 0.5) is 0 Å². The molecule has 0 unspecified atom stereocenters. The highest BCUT2D eigenvalue weighted by molar-refractivity contribution is 5.88. The van der Waals surface area contributed by atoms with Gasteiger partial charge in [0.1, 0.15) is 0 Å². The van der Waals surface area contributed by atoms with Crippen molar-refractivity contribution < 1.29 is 4.84 Å². The van der Waals surface area contributed by atoms with Gasteiger partial charge in [0.15, 0.2) is 5.75 Å². The topological polar surface area (TPSA) is 21.3 Å². The standard InChI is InChI=1S/C13H13NO/c1-2-10-14-15-13-9-5-7-11-6-3-4-8-12(11)13/h2-9,14H,1,10H2. The van der Waals surface area contributed by atoms with E-state index in [0.717, 1.165) is 11.1 Å². The van der Waals surface area contributed by atoms with Gasteiger partial charge in [0, 0.05) is 11.9 Å². The Morgan fingerprint density at radius 3 is 2.80 bits per heavy atom. The summed E-state index contributed by atoms with van der Waals surface area (Å²) in [6.45, 7) is 4.24. The first-order valence-corrected chi connectivity index (χ1v) is 4.90. The predicted octanol–water partition coefficient (Wildman–Crippen LogP) is 2.91. The zero-order valence-corrected chi connectivity index (χ0v) is 8.44. The van der Waals surface area contributed by atoms with Crippen molar-refractivity contribution >= 4 is 10.8 Å². The van der Waals surface area contributed by atoms with E-state index in [4.69, 9.17) is 4.84 Å². The zero-order chi connectivity index (χ0) is 10.5. The van der Waals surface area contributed by atoms with Crippen LogP contribution in [0, 0.1) is 0 Å². The van der Waals surface area contributed by atoms with Gasteiger partial charge in [-0.3, -0.25) is 0 Å². The van der Waals surface area contributed by atoms with Crippen molar-refractivity contribution in [3.63, 3.8) is 0 Å². The normalized spacial score (nSPS) is 10.1. The molecule has 76 valence electrons. The Bertz CT molecular complexity index is 460. The molecule has 0 aromatic heterocycles. The fourth-order valence-electron chi connectivity index (χ4n) is 1.46. The quantitative estimate of drug-likeness (QED) is 0.464. The predicted molar refractivity (Wildman–Crippen MR) is 62.8 cm³/mol. The highest BCUT2D eigenvalue weighted by atomic mass is 16.6. The van der Waals surface area contributed by atoms with Crippen LogP contribution >= 0.6 is 0 Å². The van der Waals surface area contributed by atoms with Crippen LogP contribution in [0.2, 0.25) is 0 Å². The number of hydroxylamine groups is 1. The molecule has 0 fully saturated rings. The second-order valence-electron chi connectivity index (χ2n) is 3.22. The molecule has 2 aromatic rings. The lowest BCUT2D eigenvalue weighted by molar-refractivity contribution is 0.212. The maximum Gasteiger partial charge on any atom is 0.154 e. The molecule has 0 heterocycles. The summed E-state index contributed by atoms with van der Waals surface area (Å²) < 4.78 is 0. The lowest BCUT2D eigenvalue weighted by Crippen LogP contribution is -2.17. The van der Waals surface area contributed by atoms with E-state index in [9.17, 15) is 0 Å². The van der Waals surface area contributed by atoms with Gasteiger partial charge in [0.25, 0.3) is 0 Å². The molecule has 2 nitrogen and oxygen atoms in total. The Morgan fingerprint density at radius 2 is 1.93 bits per heavy atom. The Labute approximate surface area is 89.1 Å². The summed E-state index contributed by atoms with van der Waals surface area (Å²) in [5.74, 6) is 0.843. The van der Waals surface area contributed by atoms with E-state index in [-0.39, 0.29) is 0 Å². The van der Waals surface area contributed by atoms with Crippen LogP contribution in [0.25, 0.3) is 10.8 Å². The molecular formula is C13H13NO. The molecule has 0 spiro atoms. The maximum absolute atomic E-state index is 5.44. The third-order valence-corrected chi connectivity index (χ3v) is 2.16. The van der Waals surface area contributed by atoms with Crippen molar-refractivity contribution in [1.82, 2.24) is 5.48 Å². The van der Waals surface area contributed by atoms with Crippen LogP contribution < -0.4 is 10.3 Å². The van der Waals surface area contributed by atoms with Crippen LogP contribution in [-0.2, 0) is 0 Å². The van der Waals surface area contributed by atoms with Gasteiger partial charge in [-0.2, -0.15) is 5.48 Å². The van der Waals surface area contributed by atoms with Crippen LogP contribution in [-0.4, -0.2) is 6.54 Å². The second kappa shape index (κ2) is 4.62. The summed E-state index contributed by atoms with van der Waals surface area (Å²) in [6.07, 6.45) is 1.76. The molecule has 0 aliphatic heterocycles. The molecule has 0 aliphatic carbocycles. The van der Waals surface area contributed by atoms with Gasteiger partial charge < -0.3 is 4.84 Å². The molecule has 2 aromatic carbocycles. The third kappa shape index (κ3) is 2.17. The molecule has 0 radical (unpaired) electrons. The van der Waals surface area contributed by atoms with E-state index in [1.54, 1.807) is 6.08 Å². The molecule has 0 saturated heterocycles. The van der Waals surface area contributed by atoms with E-state index in [1.165, 1.54) is 5.39 Å². The highest BCUT2D eigenvalue weighted by Gasteiger charge is 1.99. The molecule has 2 rings (SSSR count). The lowest BCUT2D eigenvalue weighted by atomic mass is 10.1. The summed E-state index contributed by atoms with van der Waals surface area (Å²) >= 11 is 0. The van der Waals surface area contributed by atoms with Gasteiger partial charge in [-0.15, -0.1) is 6.58 Å². The number of benzene rings is 2. The van der Waals surface area contributed by atoms with Crippen molar-refractivity contribution in [2.24, 2.45) is 0 Å². The fraction of sp³-hybridized carbons (Fsp3) is 0.0769. The van der Waals surface area contributed by atoms with Gasteiger partial charge in [0.2, 0.25) is 0 Å². The maximum atomic E-state index is 5.44. The Morgan fingerprint density at radius 1 is 1.13 bits per heavy atom. The molecular weight excluding hydrogens is 186 g/mol. The smallest absolute Gasteiger partial charge is 0.154 e. The van der Waals surface area contributed by atoms with Crippen molar-refractivity contribution in [2.45, 2.75) is 0 Å². The fourth-order valence-corrected chi connectivity index (χ4v) is 1.46. The number of rotatable bonds is 4. The van der Waals surface area contributed by atoms with Crippen molar-refractivity contribution in [2.75, 3.05) is 6.54 Å². The Kier molecular flexibility index (Phi) is 3.00. The average molecular weight is 199 g/mol. The van der Waals surface area contributed by atoms with E-state index in [2.05, 4.69) is 24.2 Å². The number of nitrogens with one attached hydrogen (secondary N) is 1. The highest BCUT2D eigenvalue weighted by Crippen LogP contribution is 2.24. The number of fused-ring (bicyclic) bond motifs is 1. The minimum absolute atomic E-state index is 0.628. The average Bonchev–Trinajstić information content (AvgIpc) is 2.30. The molecule has 0 saturated carbocycles. The number of hydrogen-bond donors (Lipinski definition) is 1. The minimum Gasteiger partial charge on any atom is -0.408 e.